The number of fused-ring (bicyclic) bond motifs is 1. The standard InChI is InChI=1S/C17H16BrNO3/c18-14-4-2-1-3-13(14)10-17(20)19-8-7-12-5-6-15-16(9-12)22-11-21-15/h1-6,9H,7-8,10-11H2,(H,19,20). The molecule has 0 fully saturated rings. The molecule has 1 aliphatic rings. The molecule has 0 spiro atoms. The Labute approximate surface area is 137 Å². The summed E-state index contributed by atoms with van der Waals surface area (Å²) in [5.74, 6) is 1.58. The molecule has 0 saturated heterocycles. The summed E-state index contributed by atoms with van der Waals surface area (Å²) >= 11 is 3.45. The number of rotatable bonds is 5. The minimum Gasteiger partial charge on any atom is -0.454 e. The molecule has 1 heterocycles. The van der Waals surface area contributed by atoms with Crippen molar-refractivity contribution < 1.29 is 14.3 Å². The van der Waals surface area contributed by atoms with Crippen LogP contribution in [0.2, 0.25) is 0 Å². The maximum atomic E-state index is 12.0. The number of nitrogens with one attached hydrogen (secondary N) is 1. The van der Waals surface area contributed by atoms with Crippen LogP contribution in [-0.4, -0.2) is 19.2 Å². The van der Waals surface area contributed by atoms with Crippen LogP contribution in [0.4, 0.5) is 0 Å². The SMILES string of the molecule is O=C(Cc1ccccc1Br)NCCc1ccc2c(c1)OCO2. The molecule has 1 aliphatic heterocycles. The van der Waals surface area contributed by atoms with Crippen molar-refractivity contribution in [2.24, 2.45) is 0 Å². The van der Waals surface area contributed by atoms with E-state index >= 15 is 0 Å². The van der Waals surface area contributed by atoms with Crippen molar-refractivity contribution in [1.29, 1.82) is 0 Å². The second-order valence-corrected chi connectivity index (χ2v) is 5.91. The highest BCUT2D eigenvalue weighted by Crippen LogP contribution is 2.32. The highest BCUT2D eigenvalue weighted by atomic mass is 79.9. The molecule has 0 unspecified atom stereocenters. The minimum atomic E-state index is 0.0210. The van der Waals surface area contributed by atoms with Gasteiger partial charge in [-0.05, 0) is 35.7 Å². The van der Waals surface area contributed by atoms with Crippen molar-refractivity contribution in [3.63, 3.8) is 0 Å². The molecule has 5 heteroatoms. The Balaban J connectivity index is 1.49. The lowest BCUT2D eigenvalue weighted by Gasteiger charge is -2.07. The van der Waals surface area contributed by atoms with E-state index in [1.54, 1.807) is 0 Å². The molecule has 0 aromatic heterocycles. The van der Waals surface area contributed by atoms with E-state index in [4.69, 9.17) is 9.47 Å². The summed E-state index contributed by atoms with van der Waals surface area (Å²) in [6, 6.07) is 13.6. The first kappa shape index (κ1) is 14.9. The van der Waals surface area contributed by atoms with Gasteiger partial charge in [-0.15, -0.1) is 0 Å². The lowest BCUT2D eigenvalue weighted by atomic mass is 10.1. The molecule has 2 aromatic rings. The molecule has 1 amide bonds. The van der Waals surface area contributed by atoms with E-state index < -0.39 is 0 Å². The first-order chi connectivity index (χ1) is 10.7. The van der Waals surface area contributed by atoms with Gasteiger partial charge in [0.1, 0.15) is 0 Å². The van der Waals surface area contributed by atoms with Gasteiger partial charge in [0, 0.05) is 11.0 Å². The second kappa shape index (κ2) is 6.83. The van der Waals surface area contributed by atoms with Crippen LogP contribution in [0.3, 0.4) is 0 Å². The van der Waals surface area contributed by atoms with E-state index in [2.05, 4.69) is 21.2 Å². The Hall–Kier alpha value is -2.01. The third kappa shape index (κ3) is 3.60. The number of hydrogen-bond donors (Lipinski definition) is 1. The molecule has 114 valence electrons. The van der Waals surface area contributed by atoms with Crippen LogP contribution in [0.1, 0.15) is 11.1 Å². The Morgan fingerprint density at radius 2 is 1.95 bits per heavy atom. The zero-order chi connectivity index (χ0) is 15.4. The molecule has 3 rings (SSSR count). The molecule has 22 heavy (non-hydrogen) atoms. The molecule has 1 N–H and O–H groups in total. The van der Waals surface area contributed by atoms with Gasteiger partial charge >= 0.3 is 0 Å². The van der Waals surface area contributed by atoms with Gasteiger partial charge in [0.05, 0.1) is 6.42 Å². The van der Waals surface area contributed by atoms with Crippen LogP contribution in [0.25, 0.3) is 0 Å². The number of hydrogen-bond acceptors (Lipinski definition) is 3. The summed E-state index contributed by atoms with van der Waals surface area (Å²) in [4.78, 5) is 12.0. The van der Waals surface area contributed by atoms with Gasteiger partial charge in [0.15, 0.2) is 11.5 Å². The molecule has 0 saturated carbocycles. The lowest BCUT2D eigenvalue weighted by molar-refractivity contribution is -0.120. The van der Waals surface area contributed by atoms with E-state index in [0.717, 1.165) is 33.5 Å². The smallest absolute Gasteiger partial charge is 0.231 e. The number of benzene rings is 2. The highest BCUT2D eigenvalue weighted by molar-refractivity contribution is 9.10. The van der Waals surface area contributed by atoms with Gasteiger partial charge in [-0.2, -0.15) is 0 Å². The van der Waals surface area contributed by atoms with Crippen molar-refractivity contribution in [2.45, 2.75) is 12.8 Å². The van der Waals surface area contributed by atoms with Crippen LogP contribution >= 0.6 is 15.9 Å². The van der Waals surface area contributed by atoms with Crippen LogP contribution in [0.5, 0.6) is 11.5 Å². The van der Waals surface area contributed by atoms with Crippen molar-refractivity contribution in [3.8, 4) is 11.5 Å². The van der Waals surface area contributed by atoms with Gasteiger partial charge < -0.3 is 14.8 Å². The highest BCUT2D eigenvalue weighted by Gasteiger charge is 2.13. The number of carbonyl (C=O) groups is 1. The van der Waals surface area contributed by atoms with E-state index in [9.17, 15) is 4.79 Å². The first-order valence-electron chi connectivity index (χ1n) is 7.11. The van der Waals surface area contributed by atoms with Gasteiger partial charge in [0.25, 0.3) is 0 Å². The summed E-state index contributed by atoms with van der Waals surface area (Å²) in [7, 11) is 0. The van der Waals surface area contributed by atoms with Crippen molar-refractivity contribution >= 4 is 21.8 Å². The molecule has 0 radical (unpaired) electrons. The van der Waals surface area contributed by atoms with Crippen LogP contribution in [0, 0.1) is 0 Å². The maximum absolute atomic E-state index is 12.0. The molecule has 0 aliphatic carbocycles. The Kier molecular flexibility index (Phi) is 4.63. The van der Waals surface area contributed by atoms with Crippen LogP contribution in [0.15, 0.2) is 46.9 Å². The average molecular weight is 362 g/mol. The number of halogens is 1. The predicted molar refractivity (Wildman–Crippen MR) is 87.1 cm³/mol. The summed E-state index contributed by atoms with van der Waals surface area (Å²) in [5, 5.41) is 2.94. The topological polar surface area (TPSA) is 47.6 Å². The van der Waals surface area contributed by atoms with Gasteiger partial charge in [-0.1, -0.05) is 40.2 Å². The lowest BCUT2D eigenvalue weighted by Crippen LogP contribution is -2.27. The Bertz CT molecular complexity index is 687. The fourth-order valence-electron chi connectivity index (χ4n) is 2.32. The first-order valence-corrected chi connectivity index (χ1v) is 7.90. The van der Waals surface area contributed by atoms with Crippen molar-refractivity contribution in [1.82, 2.24) is 5.32 Å². The molecule has 4 nitrogen and oxygen atoms in total. The molecular formula is C17H16BrNO3. The zero-order valence-electron chi connectivity index (χ0n) is 12.0. The fraction of sp³-hybridized carbons (Fsp3) is 0.235. The zero-order valence-corrected chi connectivity index (χ0v) is 13.6. The number of carbonyl (C=O) groups excluding carboxylic acids is 1. The summed E-state index contributed by atoms with van der Waals surface area (Å²) < 4.78 is 11.6. The van der Waals surface area contributed by atoms with Crippen molar-refractivity contribution in [3.05, 3.63) is 58.1 Å². The summed E-state index contributed by atoms with van der Waals surface area (Å²) in [6.07, 6.45) is 1.14. The third-order valence-corrected chi connectivity index (χ3v) is 4.26. The minimum absolute atomic E-state index is 0.0210. The monoisotopic (exact) mass is 361 g/mol. The quantitative estimate of drug-likeness (QED) is 0.889. The molecule has 0 bridgehead atoms. The Morgan fingerprint density at radius 1 is 1.14 bits per heavy atom. The fourth-order valence-corrected chi connectivity index (χ4v) is 2.74. The number of amides is 1. The molecular weight excluding hydrogens is 346 g/mol. The van der Waals surface area contributed by atoms with Crippen molar-refractivity contribution in [2.75, 3.05) is 13.3 Å². The summed E-state index contributed by atoms with van der Waals surface area (Å²) in [5.41, 5.74) is 2.11. The van der Waals surface area contributed by atoms with Gasteiger partial charge in [-0.25, -0.2) is 0 Å². The average Bonchev–Trinajstić information content (AvgIpc) is 2.97. The van der Waals surface area contributed by atoms with Crippen LogP contribution in [-0.2, 0) is 17.6 Å². The molecule has 2 aromatic carbocycles. The number of ether oxygens (including phenoxy) is 2. The summed E-state index contributed by atoms with van der Waals surface area (Å²) in [6.45, 7) is 0.879. The molecule has 0 atom stereocenters. The van der Waals surface area contributed by atoms with E-state index in [0.29, 0.717) is 13.0 Å². The van der Waals surface area contributed by atoms with E-state index in [1.165, 1.54) is 0 Å². The van der Waals surface area contributed by atoms with Gasteiger partial charge in [-0.3, -0.25) is 4.79 Å². The normalized spacial score (nSPS) is 12.2. The second-order valence-electron chi connectivity index (χ2n) is 5.06. The van der Waals surface area contributed by atoms with E-state index in [-0.39, 0.29) is 12.7 Å². The Morgan fingerprint density at radius 3 is 2.82 bits per heavy atom. The van der Waals surface area contributed by atoms with Gasteiger partial charge in [0.2, 0.25) is 12.7 Å². The van der Waals surface area contributed by atoms with Crippen LogP contribution < -0.4 is 14.8 Å². The maximum Gasteiger partial charge on any atom is 0.231 e. The predicted octanol–water partition coefficient (Wildman–Crippen LogP) is 3.08. The van der Waals surface area contributed by atoms with E-state index in [1.807, 2.05) is 42.5 Å². The third-order valence-electron chi connectivity index (χ3n) is 3.48. The largest absolute Gasteiger partial charge is 0.454 e.